The van der Waals surface area contributed by atoms with Crippen LogP contribution in [0.25, 0.3) is 0 Å². The molecule has 4 heteroatoms. The predicted octanol–water partition coefficient (Wildman–Crippen LogP) is 3.34. The number of nitrogens with two attached hydrogens (primary N) is 1. The van der Waals surface area contributed by atoms with E-state index in [2.05, 4.69) is 26.9 Å². The van der Waals surface area contributed by atoms with Gasteiger partial charge in [-0.15, -0.1) is 0 Å². The van der Waals surface area contributed by atoms with Gasteiger partial charge in [-0.3, -0.25) is 4.90 Å². The molecule has 0 aromatic heterocycles. The topological polar surface area (TPSA) is 29.3 Å². The summed E-state index contributed by atoms with van der Waals surface area (Å²) < 4.78 is 1.12. The zero-order chi connectivity index (χ0) is 12.0. The highest BCUT2D eigenvalue weighted by Crippen LogP contribution is 2.42. The molecule has 3 rings (SSSR count). The van der Waals surface area contributed by atoms with Crippen LogP contribution in [0.4, 0.5) is 0 Å². The first-order valence-corrected chi connectivity index (χ1v) is 7.30. The Morgan fingerprint density at radius 1 is 1.29 bits per heavy atom. The SMILES string of the molecule is NC1CCN(C2CC2)C1c1cc(Cl)ccc1Br. The maximum absolute atomic E-state index is 6.28. The van der Waals surface area contributed by atoms with E-state index < -0.39 is 0 Å². The van der Waals surface area contributed by atoms with Gasteiger partial charge in [0.05, 0.1) is 6.04 Å². The molecule has 1 aromatic rings. The lowest BCUT2D eigenvalue weighted by Gasteiger charge is -2.28. The molecule has 92 valence electrons. The average Bonchev–Trinajstić information content (AvgIpc) is 3.07. The van der Waals surface area contributed by atoms with Crippen molar-refractivity contribution in [2.45, 2.75) is 37.4 Å². The van der Waals surface area contributed by atoms with Crippen molar-refractivity contribution in [2.75, 3.05) is 6.54 Å². The first-order valence-electron chi connectivity index (χ1n) is 6.13. The van der Waals surface area contributed by atoms with Crippen LogP contribution in [-0.4, -0.2) is 23.5 Å². The molecule has 2 fully saturated rings. The van der Waals surface area contributed by atoms with E-state index in [4.69, 9.17) is 17.3 Å². The number of hydrogen-bond donors (Lipinski definition) is 1. The molecule has 1 aromatic carbocycles. The molecule has 2 atom stereocenters. The van der Waals surface area contributed by atoms with Crippen LogP contribution in [0.1, 0.15) is 30.9 Å². The number of nitrogens with zero attached hydrogens (tertiary/aromatic N) is 1. The Labute approximate surface area is 115 Å². The molecule has 0 amide bonds. The Morgan fingerprint density at radius 2 is 2.06 bits per heavy atom. The van der Waals surface area contributed by atoms with Gasteiger partial charge in [0.1, 0.15) is 0 Å². The number of rotatable bonds is 2. The van der Waals surface area contributed by atoms with Crippen LogP contribution in [0.5, 0.6) is 0 Å². The fourth-order valence-electron chi connectivity index (χ4n) is 2.81. The monoisotopic (exact) mass is 314 g/mol. The van der Waals surface area contributed by atoms with E-state index in [1.165, 1.54) is 18.4 Å². The maximum Gasteiger partial charge on any atom is 0.0514 e. The van der Waals surface area contributed by atoms with Crippen LogP contribution >= 0.6 is 27.5 Å². The second-order valence-corrected chi connectivity index (χ2v) is 6.32. The lowest BCUT2D eigenvalue weighted by atomic mass is 10.0. The van der Waals surface area contributed by atoms with Crippen LogP contribution in [0.2, 0.25) is 5.02 Å². The Bertz CT molecular complexity index is 433. The van der Waals surface area contributed by atoms with E-state index in [1.54, 1.807) is 0 Å². The second-order valence-electron chi connectivity index (χ2n) is 5.03. The molecular formula is C13H16BrClN2. The van der Waals surface area contributed by atoms with Gasteiger partial charge in [-0.25, -0.2) is 0 Å². The van der Waals surface area contributed by atoms with Crippen molar-refractivity contribution in [3.63, 3.8) is 0 Å². The highest BCUT2D eigenvalue weighted by Gasteiger charge is 2.41. The third kappa shape index (κ3) is 2.26. The molecule has 1 aliphatic heterocycles. The summed E-state index contributed by atoms with van der Waals surface area (Å²) in [5.74, 6) is 0. The van der Waals surface area contributed by atoms with Gasteiger partial charge in [0, 0.05) is 28.1 Å². The Morgan fingerprint density at radius 3 is 2.76 bits per heavy atom. The van der Waals surface area contributed by atoms with Gasteiger partial charge in [0.25, 0.3) is 0 Å². The van der Waals surface area contributed by atoms with Crippen molar-refractivity contribution in [1.82, 2.24) is 4.90 Å². The molecule has 2 unspecified atom stereocenters. The summed E-state index contributed by atoms with van der Waals surface area (Å²) in [6.07, 6.45) is 3.73. The quantitative estimate of drug-likeness (QED) is 0.907. The fraction of sp³-hybridized carbons (Fsp3) is 0.538. The zero-order valence-electron chi connectivity index (χ0n) is 9.57. The smallest absolute Gasteiger partial charge is 0.0514 e. The summed E-state index contributed by atoms with van der Waals surface area (Å²) in [6, 6.07) is 7.29. The number of halogens is 2. The van der Waals surface area contributed by atoms with Gasteiger partial charge in [-0.05, 0) is 43.0 Å². The summed E-state index contributed by atoms with van der Waals surface area (Å²) in [5, 5.41) is 0.790. The molecule has 17 heavy (non-hydrogen) atoms. The molecule has 0 spiro atoms. The largest absolute Gasteiger partial charge is 0.326 e. The van der Waals surface area contributed by atoms with Gasteiger partial charge in [0.15, 0.2) is 0 Å². The third-order valence-corrected chi connectivity index (χ3v) is 4.73. The molecule has 1 aliphatic carbocycles. The number of likely N-dealkylation sites (tertiary alicyclic amines) is 1. The minimum Gasteiger partial charge on any atom is -0.326 e. The minimum atomic E-state index is 0.227. The maximum atomic E-state index is 6.28. The average molecular weight is 316 g/mol. The predicted molar refractivity (Wildman–Crippen MR) is 74.2 cm³/mol. The lowest BCUT2D eigenvalue weighted by Crippen LogP contribution is -2.33. The van der Waals surface area contributed by atoms with Crippen LogP contribution in [0.3, 0.4) is 0 Å². The summed E-state index contributed by atoms with van der Waals surface area (Å²) in [4.78, 5) is 2.56. The summed E-state index contributed by atoms with van der Waals surface area (Å²) in [6.45, 7) is 1.12. The third-order valence-electron chi connectivity index (χ3n) is 3.78. The highest BCUT2D eigenvalue weighted by atomic mass is 79.9. The molecule has 1 saturated carbocycles. The van der Waals surface area contributed by atoms with E-state index in [9.17, 15) is 0 Å². The Kier molecular flexibility index (Phi) is 3.20. The Balaban J connectivity index is 1.97. The van der Waals surface area contributed by atoms with Crippen molar-refractivity contribution >= 4 is 27.5 Å². The zero-order valence-corrected chi connectivity index (χ0v) is 11.9. The fourth-order valence-corrected chi connectivity index (χ4v) is 3.47. The first kappa shape index (κ1) is 12.0. The van der Waals surface area contributed by atoms with Gasteiger partial charge < -0.3 is 5.73 Å². The molecular weight excluding hydrogens is 300 g/mol. The van der Waals surface area contributed by atoms with Crippen molar-refractivity contribution in [1.29, 1.82) is 0 Å². The van der Waals surface area contributed by atoms with Crippen molar-refractivity contribution in [2.24, 2.45) is 5.73 Å². The van der Waals surface area contributed by atoms with E-state index in [0.29, 0.717) is 6.04 Å². The van der Waals surface area contributed by atoms with Crippen molar-refractivity contribution in [3.05, 3.63) is 33.3 Å². The molecule has 2 aliphatic rings. The van der Waals surface area contributed by atoms with E-state index in [0.717, 1.165) is 28.5 Å². The lowest BCUT2D eigenvalue weighted by molar-refractivity contribution is 0.237. The minimum absolute atomic E-state index is 0.227. The van der Waals surface area contributed by atoms with Gasteiger partial charge >= 0.3 is 0 Å². The van der Waals surface area contributed by atoms with E-state index in [-0.39, 0.29) is 6.04 Å². The number of hydrogen-bond acceptors (Lipinski definition) is 2. The molecule has 2 N–H and O–H groups in total. The van der Waals surface area contributed by atoms with Crippen LogP contribution in [-0.2, 0) is 0 Å². The van der Waals surface area contributed by atoms with Crippen molar-refractivity contribution < 1.29 is 0 Å². The van der Waals surface area contributed by atoms with Gasteiger partial charge in [0.2, 0.25) is 0 Å². The molecule has 2 nitrogen and oxygen atoms in total. The molecule has 0 radical (unpaired) electrons. The van der Waals surface area contributed by atoms with E-state index >= 15 is 0 Å². The normalized spacial score (nSPS) is 29.8. The van der Waals surface area contributed by atoms with Crippen LogP contribution in [0.15, 0.2) is 22.7 Å². The number of benzene rings is 1. The summed E-state index contributed by atoms with van der Waals surface area (Å²) >= 11 is 9.73. The van der Waals surface area contributed by atoms with Crippen molar-refractivity contribution in [3.8, 4) is 0 Å². The molecule has 1 heterocycles. The van der Waals surface area contributed by atoms with Crippen LogP contribution in [0, 0.1) is 0 Å². The summed E-state index contributed by atoms with van der Waals surface area (Å²) in [7, 11) is 0. The Hall–Kier alpha value is -0.0900. The standard InChI is InChI=1S/C13H16BrClN2/c14-11-4-1-8(15)7-10(11)13-12(16)5-6-17(13)9-2-3-9/h1,4,7,9,12-13H,2-3,5-6,16H2. The second kappa shape index (κ2) is 4.54. The van der Waals surface area contributed by atoms with Crippen LogP contribution < -0.4 is 5.73 Å². The van der Waals surface area contributed by atoms with E-state index in [1.807, 2.05) is 12.1 Å². The molecule has 1 saturated heterocycles. The summed E-state index contributed by atoms with van der Waals surface area (Å²) in [5.41, 5.74) is 7.53. The van der Waals surface area contributed by atoms with Gasteiger partial charge in [-0.1, -0.05) is 27.5 Å². The highest BCUT2D eigenvalue weighted by molar-refractivity contribution is 9.10. The molecule has 0 bridgehead atoms. The first-order chi connectivity index (χ1) is 8.16. The van der Waals surface area contributed by atoms with Gasteiger partial charge in [-0.2, -0.15) is 0 Å².